The zero-order valence-corrected chi connectivity index (χ0v) is 12.7. The number of rotatable bonds is 6. The molecule has 1 aromatic carbocycles. The molecule has 2 N–H and O–H groups in total. The van der Waals surface area contributed by atoms with E-state index < -0.39 is 0 Å². The van der Waals surface area contributed by atoms with Crippen LogP contribution in [0.25, 0.3) is 0 Å². The molecule has 108 valence electrons. The van der Waals surface area contributed by atoms with Crippen molar-refractivity contribution in [3.05, 3.63) is 34.9 Å². The molecule has 0 fully saturated rings. The summed E-state index contributed by atoms with van der Waals surface area (Å²) in [5.74, 6) is 1.28. The van der Waals surface area contributed by atoms with Gasteiger partial charge in [0.1, 0.15) is 0 Å². The molecule has 20 heavy (non-hydrogen) atoms. The number of benzene rings is 1. The fourth-order valence-corrected chi connectivity index (χ4v) is 2.02. The van der Waals surface area contributed by atoms with E-state index in [2.05, 4.69) is 34.6 Å². The van der Waals surface area contributed by atoms with E-state index in [1.165, 1.54) is 0 Å². The van der Waals surface area contributed by atoms with Gasteiger partial charge < -0.3 is 15.2 Å². The number of aromatic nitrogens is 2. The lowest BCUT2D eigenvalue weighted by Crippen LogP contribution is -2.13. The molecule has 0 radical (unpaired) electrons. The SMILES string of the molecule is CCc1nc(CNc2cccc(Cl)c2NC(C)C)no1. The monoisotopic (exact) mass is 294 g/mol. The quantitative estimate of drug-likeness (QED) is 0.850. The molecule has 0 bridgehead atoms. The second kappa shape index (κ2) is 6.61. The van der Waals surface area contributed by atoms with Crippen molar-refractivity contribution in [2.75, 3.05) is 10.6 Å². The number of aryl methyl sites for hydroxylation is 1. The summed E-state index contributed by atoms with van der Waals surface area (Å²) in [7, 11) is 0. The average molecular weight is 295 g/mol. The summed E-state index contributed by atoms with van der Waals surface area (Å²) in [5, 5.41) is 11.2. The van der Waals surface area contributed by atoms with Gasteiger partial charge in [-0.15, -0.1) is 0 Å². The third-order valence-electron chi connectivity index (χ3n) is 2.70. The molecule has 5 nitrogen and oxygen atoms in total. The van der Waals surface area contributed by atoms with Crippen LogP contribution in [0.3, 0.4) is 0 Å². The summed E-state index contributed by atoms with van der Waals surface area (Å²) in [6, 6.07) is 6.04. The molecule has 0 saturated carbocycles. The summed E-state index contributed by atoms with van der Waals surface area (Å²) in [4.78, 5) is 4.26. The number of nitrogens with one attached hydrogen (secondary N) is 2. The Morgan fingerprint density at radius 2 is 2.15 bits per heavy atom. The van der Waals surface area contributed by atoms with Crippen LogP contribution in [-0.4, -0.2) is 16.2 Å². The Morgan fingerprint density at radius 1 is 1.35 bits per heavy atom. The minimum absolute atomic E-state index is 0.298. The van der Waals surface area contributed by atoms with E-state index in [9.17, 15) is 0 Å². The molecule has 0 aliphatic heterocycles. The van der Waals surface area contributed by atoms with Gasteiger partial charge in [-0.25, -0.2) is 0 Å². The lowest BCUT2D eigenvalue weighted by atomic mass is 10.2. The molecule has 2 rings (SSSR count). The average Bonchev–Trinajstić information content (AvgIpc) is 2.87. The van der Waals surface area contributed by atoms with Crippen molar-refractivity contribution in [2.24, 2.45) is 0 Å². The highest BCUT2D eigenvalue weighted by Crippen LogP contribution is 2.31. The van der Waals surface area contributed by atoms with Crippen molar-refractivity contribution >= 4 is 23.0 Å². The lowest BCUT2D eigenvalue weighted by Gasteiger charge is -2.16. The molecular weight excluding hydrogens is 276 g/mol. The second-order valence-corrected chi connectivity index (χ2v) is 5.18. The molecule has 0 amide bonds. The van der Waals surface area contributed by atoms with Gasteiger partial charge >= 0.3 is 0 Å². The smallest absolute Gasteiger partial charge is 0.226 e. The topological polar surface area (TPSA) is 63.0 Å². The first-order valence-corrected chi connectivity index (χ1v) is 7.08. The maximum Gasteiger partial charge on any atom is 0.226 e. The fraction of sp³-hybridized carbons (Fsp3) is 0.429. The van der Waals surface area contributed by atoms with Gasteiger partial charge in [0, 0.05) is 12.5 Å². The summed E-state index contributed by atoms with van der Waals surface area (Å²) in [6.07, 6.45) is 0.740. The molecule has 0 aliphatic rings. The maximum absolute atomic E-state index is 6.23. The second-order valence-electron chi connectivity index (χ2n) is 4.77. The van der Waals surface area contributed by atoms with Crippen molar-refractivity contribution < 1.29 is 4.52 Å². The minimum Gasteiger partial charge on any atom is -0.380 e. The van der Waals surface area contributed by atoms with Gasteiger partial charge in [-0.1, -0.05) is 29.7 Å². The summed E-state index contributed by atoms with van der Waals surface area (Å²) >= 11 is 6.23. The number of hydrogen-bond donors (Lipinski definition) is 2. The van der Waals surface area contributed by atoms with Gasteiger partial charge in [0.05, 0.1) is 22.9 Å². The van der Waals surface area contributed by atoms with E-state index in [4.69, 9.17) is 16.1 Å². The van der Waals surface area contributed by atoms with Crippen LogP contribution in [0.4, 0.5) is 11.4 Å². The first-order chi connectivity index (χ1) is 9.60. The molecule has 6 heteroatoms. The van der Waals surface area contributed by atoms with Crippen molar-refractivity contribution in [3.8, 4) is 0 Å². The van der Waals surface area contributed by atoms with Gasteiger partial charge in [0.15, 0.2) is 5.82 Å². The Balaban J connectivity index is 2.10. The number of para-hydroxylation sites is 1. The van der Waals surface area contributed by atoms with E-state index >= 15 is 0 Å². The zero-order valence-electron chi connectivity index (χ0n) is 11.9. The van der Waals surface area contributed by atoms with E-state index in [0.29, 0.717) is 29.3 Å². The largest absolute Gasteiger partial charge is 0.380 e. The molecular formula is C14H19ClN4O. The first-order valence-electron chi connectivity index (χ1n) is 6.70. The zero-order chi connectivity index (χ0) is 14.5. The standard InChI is InChI=1S/C14H19ClN4O/c1-4-13-18-12(19-20-13)8-16-11-7-5-6-10(15)14(11)17-9(2)3/h5-7,9,16-17H,4,8H2,1-3H3. The Labute approximate surface area is 123 Å². The van der Waals surface area contributed by atoms with E-state index in [1.54, 1.807) is 0 Å². The highest BCUT2D eigenvalue weighted by atomic mass is 35.5. The van der Waals surface area contributed by atoms with Crippen molar-refractivity contribution in [2.45, 2.75) is 39.8 Å². The summed E-state index contributed by atoms with van der Waals surface area (Å²) in [5.41, 5.74) is 1.82. The van der Waals surface area contributed by atoms with Crippen LogP contribution in [0.15, 0.2) is 22.7 Å². The summed E-state index contributed by atoms with van der Waals surface area (Å²) in [6.45, 7) is 6.61. The maximum atomic E-state index is 6.23. The predicted octanol–water partition coefficient (Wildman–Crippen LogP) is 3.72. The normalized spacial score (nSPS) is 10.8. The van der Waals surface area contributed by atoms with Crippen molar-refractivity contribution in [1.29, 1.82) is 0 Å². The third kappa shape index (κ3) is 3.63. The number of hydrogen-bond acceptors (Lipinski definition) is 5. The van der Waals surface area contributed by atoms with Crippen LogP contribution >= 0.6 is 11.6 Å². The Hall–Kier alpha value is -1.75. The predicted molar refractivity (Wildman–Crippen MR) is 81.2 cm³/mol. The van der Waals surface area contributed by atoms with Gasteiger partial charge in [-0.3, -0.25) is 0 Å². The van der Waals surface area contributed by atoms with Crippen LogP contribution in [0.5, 0.6) is 0 Å². The van der Waals surface area contributed by atoms with Crippen LogP contribution in [0, 0.1) is 0 Å². The van der Waals surface area contributed by atoms with Crippen LogP contribution < -0.4 is 10.6 Å². The van der Waals surface area contributed by atoms with Crippen molar-refractivity contribution in [1.82, 2.24) is 10.1 Å². The lowest BCUT2D eigenvalue weighted by molar-refractivity contribution is 0.377. The molecule has 0 atom stereocenters. The molecule has 0 unspecified atom stereocenters. The highest BCUT2D eigenvalue weighted by Gasteiger charge is 2.09. The van der Waals surface area contributed by atoms with E-state index in [-0.39, 0.29) is 0 Å². The highest BCUT2D eigenvalue weighted by molar-refractivity contribution is 6.33. The third-order valence-corrected chi connectivity index (χ3v) is 3.01. The number of nitrogens with zero attached hydrogens (tertiary/aromatic N) is 2. The van der Waals surface area contributed by atoms with Gasteiger partial charge in [0.25, 0.3) is 0 Å². The molecule has 0 spiro atoms. The minimum atomic E-state index is 0.298. The molecule has 0 aliphatic carbocycles. The number of anilines is 2. The van der Waals surface area contributed by atoms with Gasteiger partial charge in [-0.05, 0) is 26.0 Å². The van der Waals surface area contributed by atoms with Crippen LogP contribution in [0.1, 0.15) is 32.5 Å². The Kier molecular flexibility index (Phi) is 4.84. The van der Waals surface area contributed by atoms with E-state index in [0.717, 1.165) is 17.8 Å². The fourth-order valence-electron chi connectivity index (χ4n) is 1.79. The van der Waals surface area contributed by atoms with Crippen LogP contribution in [-0.2, 0) is 13.0 Å². The Morgan fingerprint density at radius 3 is 2.80 bits per heavy atom. The molecule has 1 aromatic heterocycles. The molecule has 1 heterocycles. The van der Waals surface area contributed by atoms with Gasteiger partial charge in [-0.2, -0.15) is 4.98 Å². The van der Waals surface area contributed by atoms with Gasteiger partial charge in [0.2, 0.25) is 5.89 Å². The first kappa shape index (κ1) is 14.7. The van der Waals surface area contributed by atoms with Crippen LogP contribution in [0.2, 0.25) is 5.02 Å². The molecule has 2 aromatic rings. The number of halogens is 1. The Bertz CT molecular complexity index is 568. The molecule has 0 saturated heterocycles. The van der Waals surface area contributed by atoms with Crippen molar-refractivity contribution in [3.63, 3.8) is 0 Å². The van der Waals surface area contributed by atoms with E-state index in [1.807, 2.05) is 25.1 Å². The summed E-state index contributed by atoms with van der Waals surface area (Å²) < 4.78 is 5.08.